The summed E-state index contributed by atoms with van der Waals surface area (Å²) >= 11 is 0. The fraction of sp³-hybridized carbons (Fsp3) is 0.222. The quantitative estimate of drug-likeness (QED) is 0.264. The summed E-state index contributed by atoms with van der Waals surface area (Å²) < 4.78 is 11.3. The first-order chi connectivity index (χ1) is 17.1. The first-order valence-corrected chi connectivity index (χ1v) is 11.4. The van der Waals surface area contributed by atoms with Crippen LogP contribution < -0.4 is 10.9 Å². The molecule has 4 N–H and O–H groups in total. The number of carboxylic acid groups (broad SMARTS) is 1. The van der Waals surface area contributed by atoms with Gasteiger partial charge >= 0.3 is 11.6 Å². The average molecular weight is 488 g/mol. The molecule has 5 rings (SSSR count). The number of aromatic amines is 1. The van der Waals surface area contributed by atoms with Gasteiger partial charge < -0.3 is 29.3 Å². The molecule has 0 spiro atoms. The van der Waals surface area contributed by atoms with Crippen LogP contribution >= 0.6 is 0 Å². The fourth-order valence-corrected chi connectivity index (χ4v) is 4.84. The van der Waals surface area contributed by atoms with E-state index in [0.29, 0.717) is 33.1 Å². The smallest absolute Gasteiger partial charge is 0.340 e. The molecular weight excluding hydrogens is 464 g/mol. The highest BCUT2D eigenvalue weighted by atomic mass is 16.4. The molecule has 2 aromatic carbocycles. The Morgan fingerprint density at radius 3 is 2.64 bits per heavy atom. The van der Waals surface area contributed by atoms with E-state index < -0.39 is 23.5 Å². The number of phenols is 1. The molecule has 5 aromatic rings. The third-order valence-electron chi connectivity index (χ3n) is 6.61. The van der Waals surface area contributed by atoms with E-state index in [2.05, 4.69) is 10.3 Å². The average Bonchev–Trinajstić information content (AvgIpc) is 3.39. The van der Waals surface area contributed by atoms with Crippen LogP contribution in [0.1, 0.15) is 27.8 Å². The monoisotopic (exact) mass is 488 g/mol. The number of carbonyl (C=O) groups is 2. The number of H-pyrrole nitrogens is 1. The van der Waals surface area contributed by atoms with E-state index in [1.165, 1.54) is 12.1 Å². The third-order valence-corrected chi connectivity index (χ3v) is 6.61. The summed E-state index contributed by atoms with van der Waals surface area (Å²) in [5.41, 5.74) is 4.20. The number of benzene rings is 2. The Morgan fingerprint density at radius 1 is 1.11 bits per heavy atom. The molecule has 0 aliphatic rings. The molecule has 0 unspecified atom stereocenters. The molecule has 0 aliphatic heterocycles. The van der Waals surface area contributed by atoms with Crippen LogP contribution in [-0.2, 0) is 22.4 Å². The highest BCUT2D eigenvalue weighted by molar-refractivity contribution is 6.07. The van der Waals surface area contributed by atoms with E-state index >= 15 is 0 Å². The molecule has 3 aromatic heterocycles. The van der Waals surface area contributed by atoms with Gasteiger partial charge in [0.05, 0.1) is 23.6 Å². The summed E-state index contributed by atoms with van der Waals surface area (Å²) in [5, 5.41) is 24.2. The standard InChI is InChI=1S/C27H24N2O7/c1-12-6-21-24(25-23(12)13(2)11-35-25)14(3)17(27(34)36-21)9-22(31)29-20(26(32)33)7-15-10-28-19-5-4-16(30)8-18(15)19/h4-6,8,10-11,20,28,30H,7,9H2,1-3H3,(H,29,31)(H,32,33)/t20-/m1/s1. The molecule has 3 heterocycles. The van der Waals surface area contributed by atoms with Crippen molar-refractivity contribution in [1.82, 2.24) is 10.3 Å². The Balaban J connectivity index is 1.45. The number of rotatable bonds is 6. The molecule has 0 fully saturated rings. The van der Waals surface area contributed by atoms with Gasteiger partial charge in [-0.2, -0.15) is 0 Å². The number of furan rings is 1. The summed E-state index contributed by atoms with van der Waals surface area (Å²) in [4.78, 5) is 40.6. The fourth-order valence-electron chi connectivity index (χ4n) is 4.84. The van der Waals surface area contributed by atoms with Crippen molar-refractivity contribution >= 4 is 44.7 Å². The maximum atomic E-state index is 12.9. The number of aromatic hydroxyl groups is 1. The molecule has 36 heavy (non-hydrogen) atoms. The molecule has 0 radical (unpaired) electrons. The number of hydrogen-bond acceptors (Lipinski definition) is 6. The summed E-state index contributed by atoms with van der Waals surface area (Å²) in [7, 11) is 0. The zero-order chi connectivity index (χ0) is 25.7. The van der Waals surface area contributed by atoms with Gasteiger partial charge in [-0.1, -0.05) is 0 Å². The van der Waals surface area contributed by atoms with Gasteiger partial charge in [0, 0.05) is 28.9 Å². The molecule has 1 amide bonds. The lowest BCUT2D eigenvalue weighted by Crippen LogP contribution is -2.43. The van der Waals surface area contributed by atoms with Gasteiger partial charge in [-0.05, 0) is 67.3 Å². The molecule has 0 saturated heterocycles. The number of carbonyl (C=O) groups excluding carboxylic acids is 1. The van der Waals surface area contributed by atoms with E-state index in [0.717, 1.165) is 22.0 Å². The molecule has 9 heteroatoms. The van der Waals surface area contributed by atoms with Crippen LogP contribution in [0.15, 0.2) is 50.4 Å². The minimum absolute atomic E-state index is 0.0125. The van der Waals surface area contributed by atoms with Gasteiger partial charge in [0.15, 0.2) is 0 Å². The van der Waals surface area contributed by atoms with Gasteiger partial charge in [-0.3, -0.25) is 4.79 Å². The van der Waals surface area contributed by atoms with Crippen LogP contribution in [0.5, 0.6) is 5.75 Å². The number of fused-ring (bicyclic) bond motifs is 4. The lowest BCUT2D eigenvalue weighted by molar-refractivity contribution is -0.141. The maximum absolute atomic E-state index is 12.9. The largest absolute Gasteiger partial charge is 0.508 e. The summed E-state index contributed by atoms with van der Waals surface area (Å²) in [6.07, 6.45) is 2.92. The van der Waals surface area contributed by atoms with Crippen molar-refractivity contribution in [3.8, 4) is 5.75 Å². The molecule has 0 aliphatic carbocycles. The van der Waals surface area contributed by atoms with E-state index in [4.69, 9.17) is 8.83 Å². The van der Waals surface area contributed by atoms with Crippen molar-refractivity contribution in [2.24, 2.45) is 0 Å². The van der Waals surface area contributed by atoms with Crippen LogP contribution in [0.3, 0.4) is 0 Å². The van der Waals surface area contributed by atoms with Gasteiger partial charge in [0.25, 0.3) is 0 Å². The molecular formula is C27H24N2O7. The first-order valence-electron chi connectivity index (χ1n) is 11.4. The minimum Gasteiger partial charge on any atom is -0.508 e. The zero-order valence-electron chi connectivity index (χ0n) is 19.9. The van der Waals surface area contributed by atoms with Crippen molar-refractivity contribution in [3.63, 3.8) is 0 Å². The van der Waals surface area contributed by atoms with Gasteiger partial charge in [-0.25, -0.2) is 9.59 Å². The summed E-state index contributed by atoms with van der Waals surface area (Å²) in [6.45, 7) is 5.55. The van der Waals surface area contributed by atoms with Crippen molar-refractivity contribution < 1.29 is 28.6 Å². The Kier molecular flexibility index (Phi) is 5.55. The first kappa shape index (κ1) is 23.2. The predicted octanol–water partition coefficient (Wildman–Crippen LogP) is 4.01. The van der Waals surface area contributed by atoms with Crippen molar-refractivity contribution in [3.05, 3.63) is 75.0 Å². The number of phenolic OH excluding ortho intramolecular Hbond substituents is 1. The van der Waals surface area contributed by atoms with Crippen LogP contribution in [-0.4, -0.2) is 33.1 Å². The zero-order valence-corrected chi connectivity index (χ0v) is 19.9. The Morgan fingerprint density at radius 2 is 1.89 bits per heavy atom. The second kappa shape index (κ2) is 8.60. The van der Waals surface area contributed by atoms with Gasteiger partial charge in [0.1, 0.15) is 23.0 Å². The Hall–Kier alpha value is -4.53. The predicted molar refractivity (Wildman–Crippen MR) is 133 cm³/mol. The van der Waals surface area contributed by atoms with Crippen molar-refractivity contribution in [2.45, 2.75) is 39.7 Å². The van der Waals surface area contributed by atoms with Crippen LogP contribution in [0.2, 0.25) is 0 Å². The Labute approximate surface area is 204 Å². The van der Waals surface area contributed by atoms with E-state index in [9.17, 15) is 24.6 Å². The van der Waals surface area contributed by atoms with Crippen molar-refractivity contribution in [2.75, 3.05) is 0 Å². The van der Waals surface area contributed by atoms with Gasteiger partial charge in [0.2, 0.25) is 5.91 Å². The molecule has 0 saturated carbocycles. The number of aliphatic carboxylic acids is 1. The van der Waals surface area contributed by atoms with Gasteiger partial charge in [-0.15, -0.1) is 0 Å². The van der Waals surface area contributed by atoms with Crippen LogP contribution in [0.4, 0.5) is 0 Å². The van der Waals surface area contributed by atoms with E-state index in [-0.39, 0.29) is 24.2 Å². The van der Waals surface area contributed by atoms with E-state index in [1.54, 1.807) is 31.5 Å². The molecule has 184 valence electrons. The number of aromatic nitrogens is 1. The Bertz CT molecular complexity index is 1740. The highest BCUT2D eigenvalue weighted by Crippen LogP contribution is 2.34. The normalized spacial score (nSPS) is 12.4. The van der Waals surface area contributed by atoms with Crippen LogP contribution in [0.25, 0.3) is 32.8 Å². The lowest BCUT2D eigenvalue weighted by Gasteiger charge is -2.15. The maximum Gasteiger partial charge on any atom is 0.340 e. The second-order valence-corrected chi connectivity index (χ2v) is 9.07. The number of carboxylic acids is 1. The number of nitrogens with one attached hydrogen (secondary N) is 2. The second-order valence-electron chi connectivity index (χ2n) is 9.07. The number of hydrogen-bond donors (Lipinski definition) is 4. The molecule has 0 bridgehead atoms. The van der Waals surface area contributed by atoms with Crippen molar-refractivity contribution in [1.29, 1.82) is 0 Å². The third kappa shape index (κ3) is 3.88. The lowest BCUT2D eigenvalue weighted by atomic mass is 9.98. The number of aryl methyl sites for hydroxylation is 3. The SMILES string of the molecule is Cc1coc2c1c(C)cc1oc(=O)c(CC(=O)N[C@H](Cc3c[nH]c4ccc(O)cc34)C(=O)O)c(C)c12. The number of amides is 1. The summed E-state index contributed by atoms with van der Waals surface area (Å²) in [6, 6.07) is 5.27. The minimum atomic E-state index is -1.24. The topological polar surface area (TPSA) is 146 Å². The molecule has 9 nitrogen and oxygen atoms in total. The summed E-state index contributed by atoms with van der Waals surface area (Å²) in [5.74, 6) is -1.80. The molecule has 1 atom stereocenters. The van der Waals surface area contributed by atoms with Crippen LogP contribution in [0, 0.1) is 20.8 Å². The van der Waals surface area contributed by atoms with E-state index in [1.807, 2.05) is 13.8 Å². The highest BCUT2D eigenvalue weighted by Gasteiger charge is 2.25.